The molecule has 2 aromatic heterocycles. The van der Waals surface area contributed by atoms with Crippen molar-refractivity contribution in [2.24, 2.45) is 5.73 Å². The Bertz CT molecular complexity index is 754. The lowest BCUT2D eigenvalue weighted by atomic mass is 10.0. The second kappa shape index (κ2) is 4.68. The molecule has 0 bridgehead atoms. The number of rotatable bonds is 2. The van der Waals surface area contributed by atoms with E-state index in [4.69, 9.17) is 5.73 Å². The first kappa shape index (κ1) is 12.1. The molecule has 0 saturated carbocycles. The third-order valence-corrected chi connectivity index (χ3v) is 5.09. The van der Waals surface area contributed by atoms with E-state index in [1.54, 1.807) is 11.3 Å². The average Bonchev–Trinajstić information content (AvgIpc) is 3.06. The number of aromatic nitrogens is 3. The fraction of sp³-hybridized carbons (Fsp3) is 0.333. The van der Waals surface area contributed by atoms with Crippen LogP contribution in [0.5, 0.6) is 0 Å². The van der Waals surface area contributed by atoms with Gasteiger partial charge in [-0.3, -0.25) is 4.40 Å². The van der Waals surface area contributed by atoms with Crippen LogP contribution in [0.15, 0.2) is 24.3 Å². The molecule has 0 aliphatic heterocycles. The van der Waals surface area contributed by atoms with E-state index < -0.39 is 0 Å². The van der Waals surface area contributed by atoms with Gasteiger partial charge in [0, 0.05) is 22.7 Å². The summed E-state index contributed by atoms with van der Waals surface area (Å²) in [7, 11) is 0. The van der Waals surface area contributed by atoms with E-state index in [1.807, 2.05) is 0 Å². The Kier molecular flexibility index (Phi) is 2.82. The zero-order chi connectivity index (χ0) is 13.5. The van der Waals surface area contributed by atoms with Crippen molar-refractivity contribution in [1.82, 2.24) is 14.6 Å². The molecule has 1 aromatic carbocycles. The van der Waals surface area contributed by atoms with Crippen molar-refractivity contribution < 1.29 is 0 Å². The lowest BCUT2D eigenvalue weighted by molar-refractivity contribution is 0.675. The Morgan fingerprint density at radius 2 is 1.90 bits per heavy atom. The molecule has 5 heteroatoms. The van der Waals surface area contributed by atoms with Gasteiger partial charge in [-0.2, -0.15) is 0 Å². The number of aryl methyl sites for hydroxylation is 2. The number of benzene rings is 1. The van der Waals surface area contributed by atoms with Crippen LogP contribution in [0.3, 0.4) is 0 Å². The summed E-state index contributed by atoms with van der Waals surface area (Å²) in [5.41, 5.74) is 9.32. The Morgan fingerprint density at radius 1 is 1.10 bits per heavy atom. The average molecular weight is 284 g/mol. The summed E-state index contributed by atoms with van der Waals surface area (Å²) in [6, 6.07) is 8.31. The standard InChI is InChI=1S/C15H16N4S/c16-9-10-5-7-11(8-6-10)14-17-18-15-19(14)12-3-1-2-4-13(12)20-15/h5-8H,1-4,9,16H2. The number of nitrogens with two attached hydrogens (primary N) is 1. The van der Waals surface area contributed by atoms with E-state index >= 15 is 0 Å². The molecule has 0 fully saturated rings. The van der Waals surface area contributed by atoms with Gasteiger partial charge in [0.05, 0.1) is 0 Å². The van der Waals surface area contributed by atoms with E-state index in [2.05, 4.69) is 38.9 Å². The Labute approximate surface area is 121 Å². The van der Waals surface area contributed by atoms with Crippen LogP contribution in [0.2, 0.25) is 0 Å². The summed E-state index contributed by atoms with van der Waals surface area (Å²) in [6.45, 7) is 0.573. The van der Waals surface area contributed by atoms with Gasteiger partial charge in [0.25, 0.3) is 0 Å². The van der Waals surface area contributed by atoms with Crippen molar-refractivity contribution in [2.45, 2.75) is 32.2 Å². The third-order valence-electron chi connectivity index (χ3n) is 3.95. The molecule has 0 saturated heterocycles. The summed E-state index contributed by atoms with van der Waals surface area (Å²) in [4.78, 5) is 2.51. The van der Waals surface area contributed by atoms with Crippen LogP contribution in [0, 0.1) is 0 Å². The molecule has 3 aromatic rings. The van der Waals surface area contributed by atoms with E-state index in [0.717, 1.165) is 28.3 Å². The quantitative estimate of drug-likeness (QED) is 0.787. The van der Waals surface area contributed by atoms with Crippen LogP contribution in [-0.4, -0.2) is 14.6 Å². The molecular formula is C15H16N4S. The fourth-order valence-corrected chi connectivity index (χ4v) is 4.02. The highest BCUT2D eigenvalue weighted by atomic mass is 32.1. The molecule has 0 radical (unpaired) electrons. The summed E-state index contributed by atoms with van der Waals surface area (Å²) in [5, 5.41) is 8.73. The predicted molar refractivity (Wildman–Crippen MR) is 80.8 cm³/mol. The maximum absolute atomic E-state index is 5.65. The van der Waals surface area contributed by atoms with Gasteiger partial charge in [-0.1, -0.05) is 35.6 Å². The summed E-state index contributed by atoms with van der Waals surface area (Å²) in [6.07, 6.45) is 4.89. The molecule has 2 N–H and O–H groups in total. The molecule has 4 rings (SSSR count). The Morgan fingerprint density at radius 3 is 2.70 bits per heavy atom. The van der Waals surface area contributed by atoms with Gasteiger partial charge in [0.2, 0.25) is 4.96 Å². The minimum atomic E-state index is 0.573. The van der Waals surface area contributed by atoms with Gasteiger partial charge < -0.3 is 5.73 Å². The topological polar surface area (TPSA) is 56.2 Å². The van der Waals surface area contributed by atoms with Crippen LogP contribution in [0.25, 0.3) is 16.3 Å². The first-order valence-electron chi connectivity index (χ1n) is 7.02. The SMILES string of the molecule is NCc1ccc(-c2nnc3sc4c(n23)CCCC4)cc1. The molecule has 0 amide bonds. The number of fused-ring (bicyclic) bond motifs is 3. The highest BCUT2D eigenvalue weighted by molar-refractivity contribution is 7.17. The van der Waals surface area contributed by atoms with Crippen molar-refractivity contribution in [3.63, 3.8) is 0 Å². The molecule has 2 heterocycles. The summed E-state index contributed by atoms with van der Waals surface area (Å²) in [5.74, 6) is 0.961. The summed E-state index contributed by atoms with van der Waals surface area (Å²) < 4.78 is 2.25. The predicted octanol–water partition coefficient (Wildman–Crippen LogP) is 2.80. The van der Waals surface area contributed by atoms with Crippen molar-refractivity contribution in [1.29, 1.82) is 0 Å². The monoisotopic (exact) mass is 284 g/mol. The highest BCUT2D eigenvalue weighted by Crippen LogP contribution is 2.32. The normalized spacial score (nSPS) is 14.7. The van der Waals surface area contributed by atoms with E-state index in [9.17, 15) is 0 Å². The molecular weight excluding hydrogens is 268 g/mol. The lowest BCUT2D eigenvalue weighted by Gasteiger charge is -2.11. The first-order chi connectivity index (χ1) is 9.86. The number of thiazole rings is 1. The zero-order valence-electron chi connectivity index (χ0n) is 11.2. The third kappa shape index (κ3) is 1.77. The van der Waals surface area contributed by atoms with Crippen LogP contribution in [-0.2, 0) is 19.4 Å². The molecule has 0 spiro atoms. The van der Waals surface area contributed by atoms with Gasteiger partial charge in [0.1, 0.15) is 0 Å². The molecule has 1 aliphatic rings. The highest BCUT2D eigenvalue weighted by Gasteiger charge is 2.20. The van der Waals surface area contributed by atoms with Crippen molar-refractivity contribution in [3.8, 4) is 11.4 Å². The molecule has 1 aliphatic carbocycles. The largest absolute Gasteiger partial charge is 0.326 e. The number of hydrogen-bond donors (Lipinski definition) is 1. The van der Waals surface area contributed by atoms with Crippen molar-refractivity contribution in [2.75, 3.05) is 0 Å². The minimum absolute atomic E-state index is 0.573. The maximum Gasteiger partial charge on any atom is 0.216 e. The molecule has 4 nitrogen and oxygen atoms in total. The number of hydrogen-bond acceptors (Lipinski definition) is 4. The van der Waals surface area contributed by atoms with Crippen LogP contribution >= 0.6 is 11.3 Å². The Balaban J connectivity index is 1.88. The number of nitrogens with zero attached hydrogens (tertiary/aromatic N) is 3. The van der Waals surface area contributed by atoms with Crippen LogP contribution < -0.4 is 5.73 Å². The van der Waals surface area contributed by atoms with E-state index in [0.29, 0.717) is 6.54 Å². The van der Waals surface area contributed by atoms with E-state index in [1.165, 1.54) is 29.8 Å². The first-order valence-corrected chi connectivity index (χ1v) is 7.83. The van der Waals surface area contributed by atoms with Crippen LogP contribution in [0.1, 0.15) is 29.0 Å². The van der Waals surface area contributed by atoms with Gasteiger partial charge in [-0.25, -0.2) is 0 Å². The van der Waals surface area contributed by atoms with Gasteiger partial charge in [-0.15, -0.1) is 10.2 Å². The minimum Gasteiger partial charge on any atom is -0.326 e. The molecule has 20 heavy (non-hydrogen) atoms. The van der Waals surface area contributed by atoms with Gasteiger partial charge in [-0.05, 0) is 31.2 Å². The van der Waals surface area contributed by atoms with Crippen LogP contribution in [0.4, 0.5) is 0 Å². The Hall–Kier alpha value is -1.72. The molecule has 0 unspecified atom stereocenters. The second-order valence-corrected chi connectivity index (χ2v) is 6.28. The zero-order valence-corrected chi connectivity index (χ0v) is 12.0. The smallest absolute Gasteiger partial charge is 0.216 e. The molecule has 102 valence electrons. The van der Waals surface area contributed by atoms with Gasteiger partial charge in [0.15, 0.2) is 5.82 Å². The van der Waals surface area contributed by atoms with Gasteiger partial charge >= 0.3 is 0 Å². The summed E-state index contributed by atoms with van der Waals surface area (Å²) >= 11 is 1.79. The van der Waals surface area contributed by atoms with E-state index in [-0.39, 0.29) is 0 Å². The van der Waals surface area contributed by atoms with Crippen molar-refractivity contribution in [3.05, 3.63) is 40.4 Å². The maximum atomic E-state index is 5.65. The lowest BCUT2D eigenvalue weighted by Crippen LogP contribution is -2.04. The molecule has 0 atom stereocenters. The fourth-order valence-electron chi connectivity index (χ4n) is 2.87. The second-order valence-electron chi connectivity index (χ2n) is 5.22. The van der Waals surface area contributed by atoms with Crippen molar-refractivity contribution >= 4 is 16.3 Å².